The normalized spacial score (nSPS) is 13.2. The summed E-state index contributed by atoms with van der Waals surface area (Å²) >= 11 is 0. The van der Waals surface area contributed by atoms with Crippen molar-refractivity contribution in [3.63, 3.8) is 0 Å². The predicted molar refractivity (Wildman–Crippen MR) is 145 cm³/mol. The molecule has 0 radical (unpaired) electrons. The first-order chi connectivity index (χ1) is 16.6. The lowest BCUT2D eigenvalue weighted by Crippen LogP contribution is -2.15. The summed E-state index contributed by atoms with van der Waals surface area (Å²) in [5, 5.41) is 3.55. The molecule has 0 saturated carbocycles. The van der Waals surface area contributed by atoms with Gasteiger partial charge in [-0.2, -0.15) is 0 Å². The number of hydrogen-bond acceptors (Lipinski definition) is 1. The van der Waals surface area contributed by atoms with Crippen molar-refractivity contribution in [3.05, 3.63) is 132 Å². The van der Waals surface area contributed by atoms with Crippen LogP contribution in [-0.4, -0.2) is 0 Å². The Kier molecular flexibility index (Phi) is 4.85. The fraction of sp³-hybridized carbons (Fsp3) is 0.0909. The minimum absolute atomic E-state index is 0.0565. The molecule has 0 atom stereocenters. The molecular weight excluding hydrogens is 410 g/mol. The van der Waals surface area contributed by atoms with E-state index in [9.17, 15) is 0 Å². The average molecular weight is 438 g/mol. The third-order valence-electron chi connectivity index (χ3n) is 7.06. The minimum Gasteiger partial charge on any atom is -0.356 e. The second kappa shape index (κ2) is 8.04. The first-order valence-corrected chi connectivity index (χ1v) is 11.9. The van der Waals surface area contributed by atoms with Crippen LogP contribution in [0.3, 0.4) is 0 Å². The number of hydrogen-bond donors (Lipinski definition) is 1. The van der Waals surface area contributed by atoms with Gasteiger partial charge in [0.25, 0.3) is 0 Å². The summed E-state index contributed by atoms with van der Waals surface area (Å²) in [6, 6.07) is 43.5. The zero-order valence-corrected chi connectivity index (χ0v) is 19.5. The summed E-state index contributed by atoms with van der Waals surface area (Å²) in [6.07, 6.45) is 0. The Bertz CT molecular complexity index is 1460. The Labute approximate surface area is 201 Å². The van der Waals surface area contributed by atoms with Gasteiger partial charge in [-0.15, -0.1) is 0 Å². The molecule has 0 saturated heterocycles. The van der Waals surface area contributed by atoms with E-state index in [0.717, 1.165) is 11.4 Å². The van der Waals surface area contributed by atoms with Gasteiger partial charge in [-0.05, 0) is 74.8 Å². The molecule has 0 aliphatic heterocycles. The van der Waals surface area contributed by atoms with Crippen LogP contribution in [0.5, 0.6) is 0 Å². The number of para-hydroxylation sites is 1. The quantitative estimate of drug-likeness (QED) is 0.296. The van der Waals surface area contributed by atoms with Crippen molar-refractivity contribution in [2.24, 2.45) is 0 Å². The van der Waals surface area contributed by atoms with Crippen molar-refractivity contribution < 1.29 is 0 Å². The predicted octanol–water partition coefficient (Wildman–Crippen LogP) is 9.07. The van der Waals surface area contributed by atoms with Crippen LogP contribution in [0, 0.1) is 0 Å². The molecule has 5 aromatic rings. The van der Waals surface area contributed by atoms with Crippen LogP contribution in [0.25, 0.3) is 33.4 Å². The number of rotatable bonds is 4. The van der Waals surface area contributed by atoms with Gasteiger partial charge in [0.15, 0.2) is 0 Å². The van der Waals surface area contributed by atoms with Gasteiger partial charge in [0.2, 0.25) is 0 Å². The van der Waals surface area contributed by atoms with Gasteiger partial charge in [0.05, 0.1) is 0 Å². The highest BCUT2D eigenvalue weighted by molar-refractivity contribution is 5.85. The van der Waals surface area contributed by atoms with E-state index >= 15 is 0 Å². The summed E-state index contributed by atoms with van der Waals surface area (Å²) in [7, 11) is 0. The molecule has 1 N–H and O–H groups in total. The molecule has 0 aromatic heterocycles. The SMILES string of the molecule is CC1(C)c2cc(Nc3ccccc3)ccc2-c2ccc(-c3ccc(-c4ccccc4)cc3)cc21. The van der Waals surface area contributed by atoms with Gasteiger partial charge in [-0.3, -0.25) is 0 Å². The molecule has 1 aliphatic rings. The Morgan fingerprint density at radius 1 is 0.441 bits per heavy atom. The lowest BCUT2D eigenvalue weighted by molar-refractivity contribution is 0.661. The van der Waals surface area contributed by atoms with E-state index in [-0.39, 0.29) is 5.41 Å². The average Bonchev–Trinajstić information content (AvgIpc) is 3.11. The molecule has 0 heterocycles. The Morgan fingerprint density at radius 3 is 1.62 bits per heavy atom. The van der Waals surface area contributed by atoms with E-state index in [2.05, 4.69) is 134 Å². The fourth-order valence-corrected chi connectivity index (χ4v) is 5.17. The number of benzene rings is 5. The molecule has 0 unspecified atom stereocenters. The Morgan fingerprint density at radius 2 is 0.941 bits per heavy atom. The number of fused-ring (bicyclic) bond motifs is 3. The fourth-order valence-electron chi connectivity index (χ4n) is 5.17. The van der Waals surface area contributed by atoms with Crippen LogP contribution >= 0.6 is 0 Å². The van der Waals surface area contributed by atoms with E-state index < -0.39 is 0 Å². The Hall–Kier alpha value is -4.10. The highest BCUT2D eigenvalue weighted by atomic mass is 14.9. The van der Waals surface area contributed by atoms with Gasteiger partial charge in [-0.25, -0.2) is 0 Å². The summed E-state index contributed by atoms with van der Waals surface area (Å²) in [4.78, 5) is 0. The van der Waals surface area contributed by atoms with Gasteiger partial charge in [-0.1, -0.05) is 105 Å². The third-order valence-corrected chi connectivity index (χ3v) is 7.06. The minimum atomic E-state index is -0.0565. The smallest absolute Gasteiger partial charge is 0.0387 e. The monoisotopic (exact) mass is 437 g/mol. The molecule has 1 aliphatic carbocycles. The second-order valence-electron chi connectivity index (χ2n) is 9.58. The topological polar surface area (TPSA) is 12.0 Å². The van der Waals surface area contributed by atoms with E-state index in [1.165, 1.54) is 44.5 Å². The van der Waals surface area contributed by atoms with Crippen LogP contribution in [0.2, 0.25) is 0 Å². The number of nitrogens with one attached hydrogen (secondary N) is 1. The van der Waals surface area contributed by atoms with Crippen molar-refractivity contribution in [3.8, 4) is 33.4 Å². The molecule has 164 valence electrons. The molecule has 0 fully saturated rings. The third kappa shape index (κ3) is 3.50. The van der Waals surface area contributed by atoms with Crippen molar-refractivity contribution in [1.29, 1.82) is 0 Å². The van der Waals surface area contributed by atoms with Gasteiger partial charge in [0.1, 0.15) is 0 Å². The largest absolute Gasteiger partial charge is 0.356 e. The highest BCUT2D eigenvalue weighted by Gasteiger charge is 2.35. The lowest BCUT2D eigenvalue weighted by Gasteiger charge is -2.23. The number of anilines is 2. The Balaban J connectivity index is 1.34. The summed E-state index contributed by atoms with van der Waals surface area (Å²) in [5.74, 6) is 0. The van der Waals surface area contributed by atoms with E-state index in [0.29, 0.717) is 0 Å². The standard InChI is InChI=1S/C33H27N/c1-33(2)31-21-26(25-15-13-24(14-16-25)23-9-5-3-6-10-23)17-19-29(31)30-20-18-28(22-32(30)33)34-27-11-7-4-8-12-27/h3-22,34H,1-2H3. The molecule has 5 aromatic carbocycles. The van der Waals surface area contributed by atoms with Crippen molar-refractivity contribution in [2.75, 3.05) is 5.32 Å². The zero-order valence-electron chi connectivity index (χ0n) is 19.5. The maximum Gasteiger partial charge on any atom is 0.0387 e. The van der Waals surface area contributed by atoms with Crippen molar-refractivity contribution in [1.82, 2.24) is 0 Å². The molecule has 0 amide bonds. The van der Waals surface area contributed by atoms with Crippen LogP contribution in [0.4, 0.5) is 11.4 Å². The maximum absolute atomic E-state index is 3.55. The van der Waals surface area contributed by atoms with E-state index in [1.54, 1.807) is 0 Å². The summed E-state index contributed by atoms with van der Waals surface area (Å²) in [6.45, 7) is 4.68. The molecule has 1 heteroatoms. The molecule has 0 bridgehead atoms. The van der Waals surface area contributed by atoms with Crippen LogP contribution in [-0.2, 0) is 5.41 Å². The van der Waals surface area contributed by atoms with Gasteiger partial charge < -0.3 is 5.32 Å². The summed E-state index contributed by atoms with van der Waals surface area (Å²) < 4.78 is 0. The second-order valence-corrected chi connectivity index (χ2v) is 9.58. The van der Waals surface area contributed by atoms with Crippen LogP contribution < -0.4 is 5.32 Å². The molecule has 0 spiro atoms. The molecule has 1 nitrogen and oxygen atoms in total. The van der Waals surface area contributed by atoms with Gasteiger partial charge in [0, 0.05) is 16.8 Å². The first-order valence-electron chi connectivity index (χ1n) is 11.9. The van der Waals surface area contributed by atoms with Crippen LogP contribution in [0.1, 0.15) is 25.0 Å². The first kappa shape index (κ1) is 20.5. The summed E-state index contributed by atoms with van der Waals surface area (Å²) in [5.41, 5.74) is 12.6. The maximum atomic E-state index is 3.55. The van der Waals surface area contributed by atoms with Crippen molar-refractivity contribution in [2.45, 2.75) is 19.3 Å². The highest BCUT2D eigenvalue weighted by Crippen LogP contribution is 2.50. The van der Waals surface area contributed by atoms with E-state index in [1.807, 2.05) is 6.07 Å². The molecule has 6 rings (SSSR count). The van der Waals surface area contributed by atoms with E-state index in [4.69, 9.17) is 0 Å². The molecule has 34 heavy (non-hydrogen) atoms. The lowest BCUT2D eigenvalue weighted by atomic mass is 9.81. The zero-order chi connectivity index (χ0) is 23.1. The van der Waals surface area contributed by atoms with Crippen molar-refractivity contribution >= 4 is 11.4 Å². The van der Waals surface area contributed by atoms with Gasteiger partial charge >= 0.3 is 0 Å². The molecular formula is C33H27N. The van der Waals surface area contributed by atoms with Crippen LogP contribution in [0.15, 0.2) is 121 Å².